The van der Waals surface area contributed by atoms with Gasteiger partial charge in [-0.15, -0.1) is 0 Å². The number of carbonyl (C=O) groups is 1. The lowest BCUT2D eigenvalue weighted by Gasteiger charge is -2.29. The smallest absolute Gasteiger partial charge is 0.225 e. The van der Waals surface area contributed by atoms with Crippen LogP contribution in [0.4, 0.5) is 5.69 Å². The molecule has 1 aromatic carbocycles. The molecule has 2 N–H and O–H groups in total. The van der Waals surface area contributed by atoms with E-state index < -0.39 is 0 Å². The number of amides is 1. The number of nitrogen functional groups attached to an aromatic ring is 1. The number of ether oxygens (including phenoxy) is 1. The number of carbonyl (C=O) groups excluding carboxylic acids is 1. The fourth-order valence-corrected chi connectivity index (χ4v) is 2.38. The van der Waals surface area contributed by atoms with Crippen LogP contribution < -0.4 is 5.73 Å². The fourth-order valence-electron chi connectivity index (χ4n) is 2.38. The summed E-state index contributed by atoms with van der Waals surface area (Å²) in [7, 11) is 0. The minimum atomic E-state index is 0.157. The summed E-state index contributed by atoms with van der Waals surface area (Å²) in [5.74, 6) is 0.157. The van der Waals surface area contributed by atoms with Gasteiger partial charge in [-0.25, -0.2) is 0 Å². The Hall–Kier alpha value is -1.55. The van der Waals surface area contributed by atoms with E-state index in [2.05, 4.69) is 13.0 Å². The van der Waals surface area contributed by atoms with E-state index in [1.54, 1.807) is 0 Å². The SMILES string of the molecule is CCCOCCC(=O)N1CCc2cccc(N)c2C1. The summed E-state index contributed by atoms with van der Waals surface area (Å²) in [6.07, 6.45) is 2.34. The highest BCUT2D eigenvalue weighted by Gasteiger charge is 2.21. The first-order valence-corrected chi connectivity index (χ1v) is 6.94. The van der Waals surface area contributed by atoms with E-state index in [9.17, 15) is 4.79 Å². The molecule has 4 nitrogen and oxygen atoms in total. The van der Waals surface area contributed by atoms with E-state index in [1.807, 2.05) is 17.0 Å². The van der Waals surface area contributed by atoms with Gasteiger partial charge >= 0.3 is 0 Å². The molecule has 0 saturated heterocycles. The van der Waals surface area contributed by atoms with Crippen molar-refractivity contribution in [2.24, 2.45) is 0 Å². The normalized spacial score (nSPS) is 14.3. The molecule has 1 aromatic rings. The minimum absolute atomic E-state index is 0.157. The van der Waals surface area contributed by atoms with Crippen molar-refractivity contribution >= 4 is 11.6 Å². The lowest BCUT2D eigenvalue weighted by atomic mass is 9.98. The summed E-state index contributed by atoms with van der Waals surface area (Å²) >= 11 is 0. The monoisotopic (exact) mass is 262 g/mol. The van der Waals surface area contributed by atoms with Gasteiger partial charge in [0.15, 0.2) is 0 Å². The Morgan fingerprint density at radius 2 is 2.26 bits per heavy atom. The molecule has 0 aliphatic carbocycles. The fraction of sp³-hybridized carbons (Fsp3) is 0.533. The highest BCUT2D eigenvalue weighted by atomic mass is 16.5. The zero-order valence-corrected chi connectivity index (χ0v) is 11.5. The molecule has 4 heteroatoms. The van der Waals surface area contributed by atoms with Gasteiger partial charge in [-0.1, -0.05) is 19.1 Å². The Kier molecular flexibility index (Phi) is 4.80. The van der Waals surface area contributed by atoms with Gasteiger partial charge in [0.05, 0.1) is 13.0 Å². The predicted molar refractivity (Wildman–Crippen MR) is 75.7 cm³/mol. The standard InChI is InChI=1S/C15H22N2O2/c1-2-9-19-10-7-15(18)17-8-6-12-4-3-5-14(16)13(12)11-17/h3-5H,2,6-11,16H2,1H3. The molecule has 0 radical (unpaired) electrons. The van der Waals surface area contributed by atoms with E-state index in [0.717, 1.165) is 37.2 Å². The van der Waals surface area contributed by atoms with Crippen molar-refractivity contribution in [3.63, 3.8) is 0 Å². The summed E-state index contributed by atoms with van der Waals surface area (Å²) in [5.41, 5.74) is 9.15. The summed E-state index contributed by atoms with van der Waals surface area (Å²) in [6, 6.07) is 5.97. The first kappa shape index (κ1) is 13.9. The molecular formula is C15H22N2O2. The van der Waals surface area contributed by atoms with Crippen molar-refractivity contribution in [2.75, 3.05) is 25.5 Å². The highest BCUT2D eigenvalue weighted by Crippen LogP contribution is 2.24. The molecule has 19 heavy (non-hydrogen) atoms. The van der Waals surface area contributed by atoms with Crippen molar-refractivity contribution in [1.82, 2.24) is 4.90 Å². The van der Waals surface area contributed by atoms with Crippen molar-refractivity contribution in [3.8, 4) is 0 Å². The molecule has 1 heterocycles. The van der Waals surface area contributed by atoms with E-state index in [1.165, 1.54) is 5.56 Å². The predicted octanol–water partition coefficient (Wildman–Crippen LogP) is 1.97. The van der Waals surface area contributed by atoms with Crippen LogP contribution in [0, 0.1) is 0 Å². The average molecular weight is 262 g/mol. The van der Waals surface area contributed by atoms with Gasteiger partial charge in [-0.3, -0.25) is 4.79 Å². The molecule has 0 spiro atoms. The first-order chi connectivity index (χ1) is 9.22. The van der Waals surface area contributed by atoms with Crippen molar-refractivity contribution in [2.45, 2.75) is 32.7 Å². The number of anilines is 1. The molecule has 0 saturated carbocycles. The molecule has 0 unspecified atom stereocenters. The molecule has 2 rings (SSSR count). The van der Waals surface area contributed by atoms with Crippen LogP contribution in [0.25, 0.3) is 0 Å². The van der Waals surface area contributed by atoms with Crippen molar-refractivity contribution in [1.29, 1.82) is 0 Å². The molecule has 0 aromatic heterocycles. The van der Waals surface area contributed by atoms with Gasteiger partial charge in [-0.05, 0) is 30.0 Å². The number of hydrogen-bond donors (Lipinski definition) is 1. The van der Waals surface area contributed by atoms with Gasteiger partial charge in [0.25, 0.3) is 0 Å². The molecule has 0 fully saturated rings. The third kappa shape index (κ3) is 3.47. The Morgan fingerprint density at radius 3 is 3.05 bits per heavy atom. The second-order valence-electron chi connectivity index (χ2n) is 4.91. The number of nitrogens with two attached hydrogens (primary N) is 1. The Labute approximate surface area is 114 Å². The van der Waals surface area contributed by atoms with Crippen LogP contribution in [0.2, 0.25) is 0 Å². The Morgan fingerprint density at radius 1 is 1.42 bits per heavy atom. The zero-order chi connectivity index (χ0) is 13.7. The second-order valence-corrected chi connectivity index (χ2v) is 4.91. The van der Waals surface area contributed by atoms with Crippen LogP contribution in [0.1, 0.15) is 30.9 Å². The molecule has 0 atom stereocenters. The third-order valence-corrected chi connectivity index (χ3v) is 3.47. The van der Waals surface area contributed by atoms with Crippen molar-refractivity contribution in [3.05, 3.63) is 29.3 Å². The first-order valence-electron chi connectivity index (χ1n) is 6.94. The van der Waals surface area contributed by atoms with Crippen LogP contribution in [-0.4, -0.2) is 30.6 Å². The number of hydrogen-bond acceptors (Lipinski definition) is 3. The third-order valence-electron chi connectivity index (χ3n) is 3.47. The number of rotatable bonds is 5. The molecular weight excluding hydrogens is 240 g/mol. The molecule has 1 amide bonds. The van der Waals surface area contributed by atoms with E-state index >= 15 is 0 Å². The van der Waals surface area contributed by atoms with Crippen LogP contribution in [-0.2, 0) is 22.5 Å². The van der Waals surface area contributed by atoms with Gasteiger partial charge in [0.2, 0.25) is 5.91 Å². The quantitative estimate of drug-likeness (QED) is 0.652. The number of nitrogens with zero attached hydrogens (tertiary/aromatic N) is 1. The maximum absolute atomic E-state index is 12.1. The maximum Gasteiger partial charge on any atom is 0.225 e. The minimum Gasteiger partial charge on any atom is -0.398 e. The largest absolute Gasteiger partial charge is 0.398 e. The van der Waals surface area contributed by atoms with Crippen LogP contribution in [0.15, 0.2) is 18.2 Å². The molecule has 1 aliphatic rings. The Bertz CT molecular complexity index is 446. The average Bonchev–Trinajstić information content (AvgIpc) is 2.43. The topological polar surface area (TPSA) is 55.6 Å². The summed E-state index contributed by atoms with van der Waals surface area (Å²) in [5, 5.41) is 0. The zero-order valence-electron chi connectivity index (χ0n) is 11.5. The van der Waals surface area contributed by atoms with Gasteiger partial charge in [0.1, 0.15) is 0 Å². The van der Waals surface area contributed by atoms with E-state index in [4.69, 9.17) is 10.5 Å². The van der Waals surface area contributed by atoms with Crippen LogP contribution >= 0.6 is 0 Å². The summed E-state index contributed by atoms with van der Waals surface area (Å²) < 4.78 is 5.37. The summed E-state index contributed by atoms with van der Waals surface area (Å²) in [6.45, 7) is 4.72. The highest BCUT2D eigenvalue weighted by molar-refractivity contribution is 5.77. The van der Waals surface area contributed by atoms with Gasteiger partial charge < -0.3 is 15.4 Å². The molecule has 1 aliphatic heterocycles. The summed E-state index contributed by atoms with van der Waals surface area (Å²) in [4.78, 5) is 14.0. The van der Waals surface area contributed by atoms with Crippen LogP contribution in [0.5, 0.6) is 0 Å². The number of benzene rings is 1. The molecule has 104 valence electrons. The van der Waals surface area contributed by atoms with Crippen LogP contribution in [0.3, 0.4) is 0 Å². The van der Waals surface area contributed by atoms with Gasteiger partial charge in [0, 0.05) is 25.4 Å². The lowest BCUT2D eigenvalue weighted by Crippen LogP contribution is -2.36. The van der Waals surface area contributed by atoms with Gasteiger partial charge in [-0.2, -0.15) is 0 Å². The second kappa shape index (κ2) is 6.57. The van der Waals surface area contributed by atoms with Crippen molar-refractivity contribution < 1.29 is 9.53 Å². The maximum atomic E-state index is 12.1. The van der Waals surface area contributed by atoms with E-state index in [-0.39, 0.29) is 5.91 Å². The number of fused-ring (bicyclic) bond motifs is 1. The lowest BCUT2D eigenvalue weighted by molar-refractivity contribution is -0.133. The Balaban J connectivity index is 1.90. The van der Waals surface area contributed by atoms with E-state index in [0.29, 0.717) is 19.6 Å². The molecule has 0 bridgehead atoms.